The fourth-order valence-corrected chi connectivity index (χ4v) is 2.85. The molecule has 0 aliphatic carbocycles. The van der Waals surface area contributed by atoms with Gasteiger partial charge in [-0.2, -0.15) is 0 Å². The number of benzene rings is 1. The van der Waals surface area contributed by atoms with Crippen molar-refractivity contribution in [2.75, 3.05) is 25.6 Å². The normalized spacial score (nSPS) is 16.2. The lowest BCUT2D eigenvalue weighted by Crippen LogP contribution is -2.31. The third-order valence-corrected chi connectivity index (χ3v) is 4.38. The number of methoxy groups -OCH3 is 1. The van der Waals surface area contributed by atoms with Gasteiger partial charge in [0, 0.05) is 6.54 Å². The Balaban J connectivity index is 1.97. The monoisotopic (exact) mass is 393 g/mol. The molecule has 0 spiro atoms. The van der Waals surface area contributed by atoms with Crippen molar-refractivity contribution in [3.8, 4) is 11.5 Å². The predicted octanol–water partition coefficient (Wildman–Crippen LogP) is 3.31. The van der Waals surface area contributed by atoms with E-state index in [2.05, 4.69) is 10.3 Å². The molecule has 0 saturated heterocycles. The van der Waals surface area contributed by atoms with E-state index in [1.54, 1.807) is 36.4 Å². The summed E-state index contributed by atoms with van der Waals surface area (Å²) in [5, 5.41) is 18.7. The molecule has 8 heteroatoms. The molecule has 0 atom stereocenters. The number of hydrogen-bond acceptors (Lipinski definition) is 6. The first-order valence-corrected chi connectivity index (χ1v) is 9.23. The highest BCUT2D eigenvalue weighted by Gasteiger charge is 2.17. The van der Waals surface area contributed by atoms with Crippen molar-refractivity contribution in [2.24, 2.45) is 0 Å². The number of carbonyl (C=O) groups is 1. The van der Waals surface area contributed by atoms with Gasteiger partial charge in [-0.05, 0) is 43.2 Å². The Labute approximate surface area is 169 Å². The first kappa shape index (κ1) is 20.1. The third-order valence-electron chi connectivity index (χ3n) is 4.38. The zero-order valence-corrected chi connectivity index (χ0v) is 16.1. The van der Waals surface area contributed by atoms with E-state index in [-0.39, 0.29) is 5.84 Å². The summed E-state index contributed by atoms with van der Waals surface area (Å²) in [4.78, 5) is 18.7. The van der Waals surface area contributed by atoms with E-state index in [4.69, 9.17) is 20.3 Å². The van der Waals surface area contributed by atoms with Gasteiger partial charge in [-0.15, -0.1) is 0 Å². The first-order chi connectivity index (χ1) is 14.1. The summed E-state index contributed by atoms with van der Waals surface area (Å²) in [6, 6.07) is 10.1. The van der Waals surface area contributed by atoms with Crippen molar-refractivity contribution < 1.29 is 14.3 Å². The number of fused-ring (bicyclic) bond motifs is 3. The van der Waals surface area contributed by atoms with Gasteiger partial charge in [0.05, 0.1) is 19.0 Å². The Morgan fingerprint density at radius 1 is 1.28 bits per heavy atom. The van der Waals surface area contributed by atoms with E-state index < -0.39 is 5.91 Å². The van der Waals surface area contributed by atoms with Crippen LogP contribution in [-0.2, 0) is 0 Å². The summed E-state index contributed by atoms with van der Waals surface area (Å²) in [5.41, 5.74) is 0.698. The lowest BCUT2D eigenvalue weighted by molar-refractivity contribution is 0.102. The average molecular weight is 393 g/mol. The number of ether oxygens (including phenoxy) is 2. The second kappa shape index (κ2) is 9.50. The van der Waals surface area contributed by atoms with Gasteiger partial charge in [-0.25, -0.2) is 4.98 Å². The first-order valence-electron chi connectivity index (χ1n) is 9.23. The predicted molar refractivity (Wildman–Crippen MR) is 111 cm³/mol. The number of nitrogens with zero attached hydrogens (tertiary/aromatic N) is 2. The van der Waals surface area contributed by atoms with E-state index in [1.165, 1.54) is 12.0 Å². The van der Waals surface area contributed by atoms with Gasteiger partial charge in [-0.1, -0.05) is 18.2 Å². The highest BCUT2D eigenvalue weighted by Crippen LogP contribution is 2.25. The minimum absolute atomic E-state index is 0.109. The Kier molecular flexibility index (Phi) is 6.57. The van der Waals surface area contributed by atoms with Crippen LogP contribution in [0.25, 0.3) is 0 Å². The number of carbonyl (C=O) groups excluding carboxylic acids is 1. The molecule has 8 nitrogen and oxygen atoms in total. The molecule has 0 radical (unpaired) electrons. The van der Waals surface area contributed by atoms with Crippen LogP contribution in [0.4, 0.5) is 5.82 Å². The van der Waals surface area contributed by atoms with Crippen molar-refractivity contribution >= 4 is 23.9 Å². The fraction of sp³-hybridized carbons (Fsp3) is 0.238. The Morgan fingerprint density at radius 2 is 2.14 bits per heavy atom. The molecule has 0 unspecified atom stereocenters. The molecule has 3 N–H and O–H groups in total. The lowest BCUT2D eigenvalue weighted by Gasteiger charge is -2.19. The summed E-state index contributed by atoms with van der Waals surface area (Å²) in [6.45, 7) is 0.846. The Morgan fingerprint density at radius 3 is 2.93 bits per heavy atom. The number of amidine groups is 1. The molecule has 1 aromatic heterocycles. The quantitative estimate of drug-likeness (QED) is 0.412. The zero-order chi connectivity index (χ0) is 20.6. The van der Waals surface area contributed by atoms with E-state index in [9.17, 15) is 4.79 Å². The van der Waals surface area contributed by atoms with Crippen molar-refractivity contribution in [1.29, 1.82) is 10.8 Å². The topological polar surface area (TPSA) is 111 Å². The molecule has 0 saturated carbocycles. The summed E-state index contributed by atoms with van der Waals surface area (Å²) in [6.07, 6.45) is 6.55. The summed E-state index contributed by atoms with van der Waals surface area (Å²) >= 11 is 0. The van der Waals surface area contributed by atoms with Crippen molar-refractivity contribution in [3.05, 3.63) is 59.8 Å². The van der Waals surface area contributed by atoms with Gasteiger partial charge in [0.25, 0.3) is 5.91 Å². The van der Waals surface area contributed by atoms with Crippen molar-refractivity contribution in [3.63, 3.8) is 0 Å². The van der Waals surface area contributed by atoms with Gasteiger partial charge >= 0.3 is 0 Å². The van der Waals surface area contributed by atoms with Gasteiger partial charge in [0.1, 0.15) is 29.6 Å². The number of aromatic nitrogens is 1. The molecule has 29 heavy (non-hydrogen) atoms. The van der Waals surface area contributed by atoms with Crippen molar-refractivity contribution in [1.82, 2.24) is 9.88 Å². The number of pyridine rings is 1. The maximum atomic E-state index is 12.9. The largest absolute Gasteiger partial charge is 0.497 e. The molecule has 3 rings (SSSR count). The molecular formula is C21H23N5O3. The van der Waals surface area contributed by atoms with Crippen LogP contribution < -0.4 is 14.8 Å². The van der Waals surface area contributed by atoms with Crippen LogP contribution in [-0.4, -0.2) is 48.2 Å². The van der Waals surface area contributed by atoms with Crippen LogP contribution in [0.1, 0.15) is 28.9 Å². The minimum Gasteiger partial charge on any atom is -0.497 e. The van der Waals surface area contributed by atoms with E-state index in [1.807, 2.05) is 12.2 Å². The number of nitrogens with one attached hydrogen (secondary N) is 3. The Hall–Kier alpha value is -3.68. The average Bonchev–Trinajstić information content (AvgIpc) is 2.75. The zero-order valence-electron chi connectivity index (χ0n) is 16.1. The van der Waals surface area contributed by atoms with Crippen molar-refractivity contribution in [2.45, 2.75) is 12.8 Å². The second-order valence-corrected chi connectivity index (χ2v) is 6.32. The summed E-state index contributed by atoms with van der Waals surface area (Å²) < 4.78 is 11.0. The van der Waals surface area contributed by atoms with Crippen LogP contribution in [0.3, 0.4) is 0 Å². The number of anilines is 1. The lowest BCUT2D eigenvalue weighted by atomic mass is 10.1. The standard InChI is InChI=1S/C21H23N5O3/c1-28-15-9-10-18-16(13-15)21(27)25-19-8-6-7-17(24-19)20(23)26(14-22)11-4-2-3-5-12-29-18/h3,5-10,13-14,22-23H,2,4,11-12H2,1H3,(H,24,25,27)/b5-3+,22-14?,23-20?. The van der Waals surface area contributed by atoms with Crippen LogP contribution in [0.5, 0.6) is 11.5 Å². The molecule has 1 aliphatic rings. The smallest absolute Gasteiger partial charge is 0.260 e. The molecule has 1 amide bonds. The van der Waals surface area contributed by atoms with Crippen LogP contribution in [0.2, 0.25) is 0 Å². The van der Waals surface area contributed by atoms with Crippen LogP contribution >= 0.6 is 0 Å². The molecule has 2 heterocycles. The Bertz CT molecular complexity index is 942. The molecular weight excluding hydrogens is 370 g/mol. The maximum Gasteiger partial charge on any atom is 0.260 e. The number of allylic oxidation sites excluding steroid dienone is 1. The molecule has 2 bridgehead atoms. The molecule has 0 fully saturated rings. The van der Waals surface area contributed by atoms with Gasteiger partial charge in [0.2, 0.25) is 0 Å². The van der Waals surface area contributed by atoms with Crippen LogP contribution in [0, 0.1) is 10.8 Å². The molecule has 1 aliphatic heterocycles. The van der Waals surface area contributed by atoms with E-state index >= 15 is 0 Å². The molecule has 150 valence electrons. The van der Waals surface area contributed by atoms with E-state index in [0.717, 1.165) is 19.2 Å². The maximum absolute atomic E-state index is 12.9. The third kappa shape index (κ3) is 4.98. The minimum atomic E-state index is -0.393. The van der Waals surface area contributed by atoms with Crippen LogP contribution in [0.15, 0.2) is 48.6 Å². The summed E-state index contributed by atoms with van der Waals surface area (Å²) in [5.74, 6) is 1.01. The molecule has 2 aromatic rings. The fourth-order valence-electron chi connectivity index (χ4n) is 2.85. The highest BCUT2D eigenvalue weighted by molar-refractivity contribution is 6.06. The van der Waals surface area contributed by atoms with E-state index in [0.29, 0.717) is 41.7 Å². The van der Waals surface area contributed by atoms with Gasteiger partial charge < -0.3 is 19.7 Å². The summed E-state index contributed by atoms with van der Waals surface area (Å²) in [7, 11) is 1.53. The number of hydrogen-bond donors (Lipinski definition) is 3. The van der Waals surface area contributed by atoms with Gasteiger partial charge in [-0.3, -0.25) is 15.6 Å². The number of rotatable bonds is 2. The van der Waals surface area contributed by atoms with Gasteiger partial charge in [0.15, 0.2) is 5.84 Å². The SMILES string of the molecule is COc1ccc2c(c1)C(=O)Nc1cccc(n1)C(=N)N(C=N)CCC/C=C/CO2. The number of amides is 1. The molecule has 1 aromatic carbocycles. The highest BCUT2D eigenvalue weighted by atomic mass is 16.5. The second-order valence-electron chi connectivity index (χ2n) is 6.32.